The Hall–Kier alpha value is -2.79. The van der Waals surface area contributed by atoms with E-state index < -0.39 is 17.8 Å². The van der Waals surface area contributed by atoms with E-state index in [1.165, 1.54) is 23.1 Å². The maximum Gasteiger partial charge on any atom is 0.418 e. The SMILES string of the molecule is Cc1c(CNC2CCN(c3ccccc3C(F)(F)F)C2=O)cc(C#N)n1C. The maximum absolute atomic E-state index is 13.2. The summed E-state index contributed by atoms with van der Waals surface area (Å²) < 4.78 is 41.5. The highest BCUT2D eigenvalue weighted by Crippen LogP contribution is 2.37. The minimum Gasteiger partial charge on any atom is -0.340 e. The van der Waals surface area contributed by atoms with Gasteiger partial charge in [-0.2, -0.15) is 18.4 Å². The van der Waals surface area contributed by atoms with Gasteiger partial charge in [0.1, 0.15) is 11.8 Å². The third-order valence-corrected chi connectivity index (χ3v) is 5.00. The first-order valence-electron chi connectivity index (χ1n) is 8.50. The number of benzene rings is 1. The normalized spacial score (nSPS) is 17.4. The molecule has 1 atom stereocenters. The molecule has 1 amide bonds. The number of amides is 1. The number of carbonyl (C=O) groups is 1. The standard InChI is InChI=1S/C19H19F3N4O/c1-12-13(9-14(10-23)25(12)2)11-24-16-7-8-26(18(16)27)17-6-4-3-5-15(17)19(20,21)22/h3-6,9,16,24H,7-8,11H2,1-2H3. The highest BCUT2D eigenvalue weighted by Gasteiger charge is 2.39. The number of hydrogen-bond donors (Lipinski definition) is 1. The Kier molecular flexibility index (Phi) is 4.98. The largest absolute Gasteiger partial charge is 0.418 e. The van der Waals surface area contributed by atoms with Gasteiger partial charge in [-0.25, -0.2) is 0 Å². The molecule has 1 aromatic carbocycles. The van der Waals surface area contributed by atoms with Crippen molar-refractivity contribution in [3.8, 4) is 6.07 Å². The van der Waals surface area contributed by atoms with Gasteiger partial charge in [0.05, 0.1) is 17.3 Å². The van der Waals surface area contributed by atoms with E-state index in [4.69, 9.17) is 5.26 Å². The van der Waals surface area contributed by atoms with Crippen LogP contribution < -0.4 is 10.2 Å². The van der Waals surface area contributed by atoms with Crippen molar-refractivity contribution in [2.45, 2.75) is 32.1 Å². The van der Waals surface area contributed by atoms with Crippen molar-refractivity contribution < 1.29 is 18.0 Å². The Balaban J connectivity index is 1.74. The monoisotopic (exact) mass is 376 g/mol. The van der Waals surface area contributed by atoms with Crippen LogP contribution in [0.4, 0.5) is 18.9 Å². The van der Waals surface area contributed by atoms with Gasteiger partial charge in [0, 0.05) is 25.8 Å². The van der Waals surface area contributed by atoms with E-state index in [9.17, 15) is 18.0 Å². The molecule has 3 rings (SSSR count). The Morgan fingerprint density at radius 2 is 2.04 bits per heavy atom. The second kappa shape index (κ2) is 7.08. The fraction of sp³-hybridized carbons (Fsp3) is 0.368. The highest BCUT2D eigenvalue weighted by molar-refractivity contribution is 6.00. The minimum atomic E-state index is -4.52. The van der Waals surface area contributed by atoms with E-state index in [0.717, 1.165) is 17.3 Å². The zero-order valence-electron chi connectivity index (χ0n) is 15.0. The molecule has 142 valence electrons. The Morgan fingerprint density at radius 1 is 1.33 bits per heavy atom. The lowest BCUT2D eigenvalue weighted by atomic mass is 10.1. The van der Waals surface area contributed by atoms with Crippen LogP contribution in [0.3, 0.4) is 0 Å². The molecule has 5 nitrogen and oxygen atoms in total. The molecule has 27 heavy (non-hydrogen) atoms. The van der Waals surface area contributed by atoms with Crippen LogP contribution in [-0.2, 0) is 24.6 Å². The van der Waals surface area contributed by atoms with Gasteiger partial charge in [-0.05, 0) is 37.1 Å². The van der Waals surface area contributed by atoms with Crippen molar-refractivity contribution in [3.63, 3.8) is 0 Å². The summed E-state index contributed by atoms with van der Waals surface area (Å²) in [4.78, 5) is 13.9. The van der Waals surface area contributed by atoms with Crippen LogP contribution in [0.2, 0.25) is 0 Å². The lowest BCUT2D eigenvalue weighted by Crippen LogP contribution is -2.38. The number of alkyl halides is 3. The van der Waals surface area contributed by atoms with E-state index in [0.29, 0.717) is 18.7 Å². The minimum absolute atomic E-state index is 0.109. The summed E-state index contributed by atoms with van der Waals surface area (Å²) in [7, 11) is 1.79. The van der Waals surface area contributed by atoms with E-state index in [1.54, 1.807) is 17.7 Å². The lowest BCUT2D eigenvalue weighted by Gasteiger charge is -2.21. The molecule has 1 aliphatic rings. The van der Waals surface area contributed by atoms with Gasteiger partial charge in [0.15, 0.2) is 0 Å². The zero-order chi connectivity index (χ0) is 19.8. The summed E-state index contributed by atoms with van der Waals surface area (Å²) in [6.07, 6.45) is -4.10. The Bertz CT molecular complexity index is 911. The fourth-order valence-electron chi connectivity index (χ4n) is 3.34. The highest BCUT2D eigenvalue weighted by atomic mass is 19.4. The van der Waals surface area contributed by atoms with Crippen molar-refractivity contribution in [3.05, 3.63) is 52.8 Å². The van der Waals surface area contributed by atoms with Crippen molar-refractivity contribution in [1.29, 1.82) is 5.26 Å². The molecule has 0 bridgehead atoms. The number of nitrogens with zero attached hydrogens (tertiary/aromatic N) is 3. The smallest absolute Gasteiger partial charge is 0.340 e. The molecule has 0 saturated carbocycles. The van der Waals surface area contributed by atoms with Crippen molar-refractivity contribution >= 4 is 11.6 Å². The molecule has 2 heterocycles. The number of nitriles is 1. The molecule has 0 radical (unpaired) electrons. The van der Waals surface area contributed by atoms with Crippen LogP contribution in [0.5, 0.6) is 0 Å². The number of rotatable bonds is 4. The van der Waals surface area contributed by atoms with Gasteiger partial charge >= 0.3 is 6.18 Å². The van der Waals surface area contributed by atoms with Gasteiger partial charge in [0.25, 0.3) is 0 Å². The summed E-state index contributed by atoms with van der Waals surface area (Å²) >= 11 is 0. The second-order valence-electron chi connectivity index (χ2n) is 6.54. The van der Waals surface area contributed by atoms with E-state index >= 15 is 0 Å². The first-order valence-corrected chi connectivity index (χ1v) is 8.50. The third-order valence-electron chi connectivity index (χ3n) is 5.00. The second-order valence-corrected chi connectivity index (χ2v) is 6.54. The molecule has 8 heteroatoms. The average Bonchev–Trinajstić information content (AvgIpc) is 3.13. The Morgan fingerprint density at radius 3 is 2.67 bits per heavy atom. The molecular weight excluding hydrogens is 357 g/mol. The number of hydrogen-bond acceptors (Lipinski definition) is 3. The maximum atomic E-state index is 13.2. The van der Waals surface area contributed by atoms with Crippen molar-refractivity contribution in [2.75, 3.05) is 11.4 Å². The topological polar surface area (TPSA) is 61.1 Å². The summed E-state index contributed by atoms with van der Waals surface area (Å²) in [6.45, 7) is 2.47. The van der Waals surface area contributed by atoms with Crippen LogP contribution in [0.1, 0.15) is 28.9 Å². The predicted octanol–water partition coefficient (Wildman–Crippen LogP) is 3.12. The van der Waals surface area contributed by atoms with Crippen molar-refractivity contribution in [1.82, 2.24) is 9.88 Å². The third kappa shape index (κ3) is 3.55. The van der Waals surface area contributed by atoms with Gasteiger partial charge in [-0.3, -0.25) is 4.79 Å². The van der Waals surface area contributed by atoms with Crippen LogP contribution >= 0.6 is 0 Å². The lowest BCUT2D eigenvalue weighted by molar-refractivity contribution is -0.137. The number of anilines is 1. The summed E-state index contributed by atoms with van der Waals surface area (Å²) in [6, 6.07) is 8.40. The number of nitrogens with one attached hydrogen (secondary N) is 1. The first-order chi connectivity index (χ1) is 12.7. The van der Waals surface area contributed by atoms with E-state index in [-0.39, 0.29) is 18.1 Å². The molecule has 2 aromatic rings. The van der Waals surface area contributed by atoms with Gasteiger partial charge in [-0.15, -0.1) is 0 Å². The number of aromatic nitrogens is 1. The molecule has 1 aliphatic heterocycles. The van der Waals surface area contributed by atoms with Crippen molar-refractivity contribution in [2.24, 2.45) is 7.05 Å². The average molecular weight is 376 g/mol. The first kappa shape index (κ1) is 19.0. The number of carbonyl (C=O) groups excluding carboxylic acids is 1. The van der Waals surface area contributed by atoms with Crippen LogP contribution in [0.15, 0.2) is 30.3 Å². The molecule has 1 fully saturated rings. The summed E-state index contributed by atoms with van der Waals surface area (Å²) in [5.74, 6) is -0.374. The molecule has 1 saturated heterocycles. The number of para-hydroxylation sites is 1. The van der Waals surface area contributed by atoms with E-state index in [2.05, 4.69) is 11.4 Å². The van der Waals surface area contributed by atoms with E-state index in [1.807, 2.05) is 6.92 Å². The summed E-state index contributed by atoms with van der Waals surface area (Å²) in [5.41, 5.74) is 1.39. The molecule has 1 unspecified atom stereocenters. The van der Waals surface area contributed by atoms with Crippen LogP contribution in [0, 0.1) is 18.3 Å². The predicted molar refractivity (Wildman–Crippen MR) is 93.9 cm³/mol. The molecule has 1 N–H and O–H groups in total. The quantitative estimate of drug-likeness (QED) is 0.892. The van der Waals surface area contributed by atoms with Crippen LogP contribution in [0.25, 0.3) is 0 Å². The van der Waals surface area contributed by atoms with Gasteiger partial charge in [-0.1, -0.05) is 12.1 Å². The van der Waals surface area contributed by atoms with Gasteiger partial charge < -0.3 is 14.8 Å². The molecule has 0 aliphatic carbocycles. The van der Waals surface area contributed by atoms with Crippen LogP contribution in [-0.4, -0.2) is 23.1 Å². The molecule has 1 aromatic heterocycles. The number of halogens is 3. The molecular formula is C19H19F3N4O. The fourth-order valence-corrected chi connectivity index (χ4v) is 3.34. The summed E-state index contributed by atoms with van der Waals surface area (Å²) in [5, 5.41) is 12.2. The Labute approximate surface area is 155 Å². The van der Waals surface area contributed by atoms with Gasteiger partial charge in [0.2, 0.25) is 5.91 Å². The zero-order valence-corrected chi connectivity index (χ0v) is 15.0. The molecule has 0 spiro atoms.